The number of hydrogen-bond donors (Lipinski definition) is 1. The molecule has 2 heterocycles. The molecule has 0 saturated carbocycles. The number of hydrogen-bond acceptors (Lipinski definition) is 4. The van der Waals surface area contributed by atoms with Crippen molar-refractivity contribution in [1.29, 1.82) is 0 Å². The first-order chi connectivity index (χ1) is 13.6. The van der Waals surface area contributed by atoms with Crippen LogP contribution in [0.15, 0.2) is 70.2 Å². The summed E-state index contributed by atoms with van der Waals surface area (Å²) in [4.78, 5) is 13.2. The highest BCUT2D eigenvalue weighted by Gasteiger charge is 2.12. The van der Waals surface area contributed by atoms with Crippen LogP contribution >= 0.6 is 11.8 Å². The second-order valence-electron chi connectivity index (χ2n) is 6.42. The van der Waals surface area contributed by atoms with Crippen LogP contribution in [0.25, 0.3) is 10.9 Å². The molecule has 0 spiro atoms. The number of aryl methyl sites for hydroxylation is 1. The number of benzene rings is 2. The average molecular weight is 395 g/mol. The van der Waals surface area contributed by atoms with E-state index in [1.165, 1.54) is 23.9 Å². The molecule has 142 valence electrons. The van der Waals surface area contributed by atoms with Gasteiger partial charge in [-0.3, -0.25) is 4.79 Å². The lowest BCUT2D eigenvalue weighted by Gasteiger charge is -2.05. The third kappa shape index (κ3) is 4.09. The molecule has 2 aromatic heterocycles. The Balaban J connectivity index is 1.50. The number of amides is 1. The zero-order valence-corrected chi connectivity index (χ0v) is 16.0. The molecule has 0 radical (unpaired) electrons. The SMILES string of the molecule is Cc1cc(NC(=O)CSc2cn(Cc3ccc(F)cc3)c3ccccc23)no1. The molecule has 28 heavy (non-hydrogen) atoms. The molecule has 4 aromatic rings. The van der Waals surface area contributed by atoms with Crippen LogP contribution in [0, 0.1) is 12.7 Å². The van der Waals surface area contributed by atoms with E-state index in [1.54, 1.807) is 25.1 Å². The summed E-state index contributed by atoms with van der Waals surface area (Å²) in [6.07, 6.45) is 2.03. The molecule has 0 saturated heterocycles. The van der Waals surface area contributed by atoms with Crippen molar-refractivity contribution in [2.45, 2.75) is 18.4 Å². The van der Waals surface area contributed by atoms with Crippen molar-refractivity contribution in [3.05, 3.63) is 77.9 Å². The monoisotopic (exact) mass is 395 g/mol. The Morgan fingerprint density at radius 1 is 1.21 bits per heavy atom. The van der Waals surface area contributed by atoms with Gasteiger partial charge in [-0.2, -0.15) is 0 Å². The minimum atomic E-state index is -0.245. The lowest BCUT2D eigenvalue weighted by molar-refractivity contribution is -0.113. The van der Waals surface area contributed by atoms with Crippen LogP contribution in [0.5, 0.6) is 0 Å². The van der Waals surface area contributed by atoms with Crippen molar-refractivity contribution in [2.75, 3.05) is 11.1 Å². The van der Waals surface area contributed by atoms with Crippen LogP contribution in [0.1, 0.15) is 11.3 Å². The van der Waals surface area contributed by atoms with Crippen LogP contribution < -0.4 is 5.32 Å². The van der Waals surface area contributed by atoms with E-state index in [0.717, 1.165) is 21.4 Å². The van der Waals surface area contributed by atoms with E-state index >= 15 is 0 Å². The standard InChI is InChI=1S/C21H18FN3O2S/c1-14-10-20(24-27-14)23-21(26)13-28-19-12-25(18-5-3-2-4-17(18)19)11-15-6-8-16(22)9-7-15/h2-10,12H,11,13H2,1H3,(H,23,24,26). The molecule has 0 atom stereocenters. The molecule has 7 heteroatoms. The Labute approximate surface area is 165 Å². The van der Waals surface area contributed by atoms with Gasteiger partial charge in [0.05, 0.1) is 5.75 Å². The number of carbonyl (C=O) groups excluding carboxylic acids is 1. The van der Waals surface area contributed by atoms with E-state index in [4.69, 9.17) is 4.52 Å². The zero-order chi connectivity index (χ0) is 19.5. The third-order valence-corrected chi connectivity index (χ3v) is 5.32. The number of fused-ring (bicyclic) bond motifs is 1. The molecule has 4 rings (SSSR count). The normalized spacial score (nSPS) is 11.1. The fraction of sp³-hybridized carbons (Fsp3) is 0.143. The molecule has 0 bridgehead atoms. The van der Waals surface area contributed by atoms with Crippen LogP contribution in [-0.2, 0) is 11.3 Å². The predicted octanol–water partition coefficient (Wildman–Crippen LogP) is 4.86. The third-order valence-electron chi connectivity index (χ3n) is 4.27. The van der Waals surface area contributed by atoms with Gasteiger partial charge in [-0.25, -0.2) is 4.39 Å². The summed E-state index contributed by atoms with van der Waals surface area (Å²) in [7, 11) is 0. The first-order valence-electron chi connectivity index (χ1n) is 8.77. The van der Waals surface area contributed by atoms with Crippen molar-refractivity contribution in [3.63, 3.8) is 0 Å². The minimum Gasteiger partial charge on any atom is -0.360 e. The summed E-state index contributed by atoms with van der Waals surface area (Å²) in [6, 6.07) is 16.2. The maximum atomic E-state index is 13.2. The number of nitrogens with one attached hydrogen (secondary N) is 1. The summed E-state index contributed by atoms with van der Waals surface area (Å²) >= 11 is 1.47. The van der Waals surface area contributed by atoms with Gasteiger partial charge in [-0.1, -0.05) is 35.5 Å². The summed E-state index contributed by atoms with van der Waals surface area (Å²) in [5.74, 6) is 0.934. The molecule has 5 nitrogen and oxygen atoms in total. The summed E-state index contributed by atoms with van der Waals surface area (Å²) in [5, 5.41) is 7.58. The van der Waals surface area contributed by atoms with Crippen LogP contribution in [-0.4, -0.2) is 21.4 Å². The molecule has 0 fully saturated rings. The van der Waals surface area contributed by atoms with E-state index in [0.29, 0.717) is 18.1 Å². The van der Waals surface area contributed by atoms with Gasteiger partial charge in [0.2, 0.25) is 5.91 Å². The van der Waals surface area contributed by atoms with E-state index < -0.39 is 0 Å². The van der Waals surface area contributed by atoms with Gasteiger partial charge in [0.1, 0.15) is 11.6 Å². The number of halogens is 1. The zero-order valence-electron chi connectivity index (χ0n) is 15.2. The highest BCUT2D eigenvalue weighted by molar-refractivity contribution is 8.00. The number of thioether (sulfide) groups is 1. The van der Waals surface area contributed by atoms with Crippen LogP contribution in [0.3, 0.4) is 0 Å². The Morgan fingerprint density at radius 2 is 2.00 bits per heavy atom. The first-order valence-corrected chi connectivity index (χ1v) is 9.75. The number of para-hydroxylation sites is 1. The molecule has 0 aliphatic heterocycles. The molecule has 1 N–H and O–H groups in total. The van der Waals surface area contributed by atoms with Gasteiger partial charge in [0.15, 0.2) is 5.82 Å². The van der Waals surface area contributed by atoms with Gasteiger partial charge in [-0.05, 0) is 30.7 Å². The van der Waals surface area contributed by atoms with Crippen molar-refractivity contribution < 1.29 is 13.7 Å². The number of aromatic nitrogens is 2. The Bertz CT molecular complexity index is 1120. The summed E-state index contributed by atoms with van der Waals surface area (Å²) < 4.78 is 20.2. The molecule has 0 aliphatic carbocycles. The van der Waals surface area contributed by atoms with Crippen LogP contribution in [0.4, 0.5) is 10.2 Å². The average Bonchev–Trinajstić information content (AvgIpc) is 3.25. The van der Waals surface area contributed by atoms with Gasteiger partial charge < -0.3 is 14.4 Å². The summed E-state index contributed by atoms with van der Waals surface area (Å²) in [6.45, 7) is 2.40. The van der Waals surface area contributed by atoms with Crippen molar-refractivity contribution >= 4 is 34.4 Å². The number of carbonyl (C=O) groups is 1. The molecular formula is C21H18FN3O2S. The second-order valence-corrected chi connectivity index (χ2v) is 7.44. The van der Waals surface area contributed by atoms with E-state index in [-0.39, 0.29) is 17.5 Å². The fourth-order valence-electron chi connectivity index (χ4n) is 2.99. The molecular weight excluding hydrogens is 377 g/mol. The molecule has 0 unspecified atom stereocenters. The molecule has 0 aliphatic rings. The Morgan fingerprint density at radius 3 is 2.75 bits per heavy atom. The largest absolute Gasteiger partial charge is 0.360 e. The van der Waals surface area contributed by atoms with Gasteiger partial charge in [-0.15, -0.1) is 11.8 Å². The van der Waals surface area contributed by atoms with Gasteiger partial charge >= 0.3 is 0 Å². The molecule has 1 amide bonds. The molecule has 2 aromatic carbocycles. The van der Waals surface area contributed by atoms with Crippen LogP contribution in [0.2, 0.25) is 0 Å². The lowest BCUT2D eigenvalue weighted by atomic mass is 10.2. The van der Waals surface area contributed by atoms with Gasteiger partial charge in [0, 0.05) is 34.6 Å². The number of rotatable bonds is 6. The highest BCUT2D eigenvalue weighted by atomic mass is 32.2. The maximum absolute atomic E-state index is 13.2. The lowest BCUT2D eigenvalue weighted by Crippen LogP contribution is -2.14. The topological polar surface area (TPSA) is 60.1 Å². The van der Waals surface area contributed by atoms with E-state index in [9.17, 15) is 9.18 Å². The smallest absolute Gasteiger partial charge is 0.235 e. The van der Waals surface area contributed by atoms with Crippen molar-refractivity contribution in [2.24, 2.45) is 0 Å². The number of nitrogens with zero attached hydrogens (tertiary/aromatic N) is 2. The van der Waals surface area contributed by atoms with Crippen molar-refractivity contribution in [1.82, 2.24) is 9.72 Å². The Kier molecular flexibility index (Phi) is 5.16. The van der Waals surface area contributed by atoms with E-state index in [2.05, 4.69) is 15.0 Å². The Hall–Kier alpha value is -3.06. The minimum absolute atomic E-state index is 0.145. The first kappa shape index (κ1) is 18.3. The number of anilines is 1. The van der Waals surface area contributed by atoms with Crippen molar-refractivity contribution in [3.8, 4) is 0 Å². The van der Waals surface area contributed by atoms with Gasteiger partial charge in [0.25, 0.3) is 0 Å². The summed E-state index contributed by atoms with van der Waals surface area (Å²) in [5.41, 5.74) is 2.08. The predicted molar refractivity (Wildman–Crippen MR) is 108 cm³/mol. The quantitative estimate of drug-likeness (QED) is 0.474. The van der Waals surface area contributed by atoms with E-state index in [1.807, 2.05) is 30.5 Å². The second kappa shape index (κ2) is 7.90. The highest BCUT2D eigenvalue weighted by Crippen LogP contribution is 2.30. The fourth-order valence-corrected chi connectivity index (χ4v) is 3.88. The maximum Gasteiger partial charge on any atom is 0.235 e.